The summed E-state index contributed by atoms with van der Waals surface area (Å²) >= 11 is 0. The topological polar surface area (TPSA) is 50.6 Å². The van der Waals surface area contributed by atoms with Crippen LogP contribution in [0.2, 0.25) is 0 Å². The van der Waals surface area contributed by atoms with E-state index in [4.69, 9.17) is 4.74 Å². The van der Waals surface area contributed by atoms with E-state index in [1.807, 2.05) is 56.4 Å². The fraction of sp³-hybridized carbons (Fsp3) is 0.238. The smallest absolute Gasteiger partial charge is 0.278 e. The molecule has 6 nitrogen and oxygen atoms in total. The highest BCUT2D eigenvalue weighted by Crippen LogP contribution is 2.32. The molecule has 0 aliphatic carbocycles. The number of carbonyl (C=O) groups excluding carboxylic acids is 1. The number of nitrogens with zero attached hydrogens (tertiary/aromatic N) is 4. The third kappa shape index (κ3) is 3.03. The van der Waals surface area contributed by atoms with E-state index < -0.39 is 0 Å². The molecule has 0 radical (unpaired) electrons. The molecule has 0 fully saturated rings. The minimum Gasteiger partial charge on any atom is -0.494 e. The van der Waals surface area contributed by atoms with Crippen molar-refractivity contribution in [2.45, 2.75) is 6.92 Å². The van der Waals surface area contributed by atoms with Gasteiger partial charge in [0.25, 0.3) is 5.91 Å². The molecule has 0 bridgehead atoms. The van der Waals surface area contributed by atoms with Crippen LogP contribution in [0.3, 0.4) is 0 Å². The van der Waals surface area contributed by atoms with Crippen molar-refractivity contribution in [3.8, 4) is 11.4 Å². The van der Waals surface area contributed by atoms with Gasteiger partial charge >= 0.3 is 0 Å². The van der Waals surface area contributed by atoms with Crippen molar-refractivity contribution in [1.82, 2.24) is 9.78 Å². The van der Waals surface area contributed by atoms with Gasteiger partial charge in [0.05, 0.1) is 18.5 Å². The van der Waals surface area contributed by atoms with Crippen LogP contribution < -0.4 is 14.5 Å². The monoisotopic (exact) mass is 362 g/mol. The van der Waals surface area contributed by atoms with Gasteiger partial charge in [-0.3, -0.25) is 4.79 Å². The molecule has 0 unspecified atom stereocenters. The third-order valence-corrected chi connectivity index (χ3v) is 4.88. The second kappa shape index (κ2) is 6.79. The lowest BCUT2D eigenvalue weighted by Crippen LogP contribution is -2.42. The molecule has 6 heteroatoms. The van der Waals surface area contributed by atoms with Gasteiger partial charge in [-0.2, -0.15) is 5.10 Å². The highest BCUT2D eigenvalue weighted by molar-refractivity contribution is 6.07. The van der Waals surface area contributed by atoms with Crippen LogP contribution in [0, 0.1) is 6.92 Å². The lowest BCUT2D eigenvalue weighted by Gasteiger charge is -2.35. The number of para-hydroxylation sites is 2. The number of hydrogen-bond acceptors (Lipinski definition) is 4. The van der Waals surface area contributed by atoms with Crippen molar-refractivity contribution in [3.63, 3.8) is 0 Å². The number of hydrogen-bond donors (Lipinski definition) is 0. The minimum absolute atomic E-state index is 0.0964. The van der Waals surface area contributed by atoms with E-state index in [9.17, 15) is 4.79 Å². The average molecular weight is 362 g/mol. The van der Waals surface area contributed by atoms with Crippen LogP contribution in [0.1, 0.15) is 16.1 Å². The molecular weight excluding hydrogens is 340 g/mol. The van der Waals surface area contributed by atoms with Crippen LogP contribution in [0.15, 0.2) is 54.7 Å². The molecule has 0 atom stereocenters. The Balaban J connectivity index is 1.68. The van der Waals surface area contributed by atoms with Crippen LogP contribution in [0.5, 0.6) is 5.75 Å². The summed E-state index contributed by atoms with van der Waals surface area (Å²) in [6.45, 7) is 3.43. The van der Waals surface area contributed by atoms with Crippen molar-refractivity contribution in [3.05, 3.63) is 66.0 Å². The Kier molecular flexibility index (Phi) is 4.32. The van der Waals surface area contributed by atoms with Gasteiger partial charge in [0, 0.05) is 26.3 Å². The van der Waals surface area contributed by atoms with Gasteiger partial charge < -0.3 is 14.5 Å². The van der Waals surface area contributed by atoms with Crippen LogP contribution in [-0.4, -0.2) is 42.9 Å². The molecule has 0 N–H and O–H groups in total. The standard InChI is InChI=1S/C21H22N4O2/c1-15-8-9-20(27-3)19(14-15)25-11-10-16(22-25)21(26)24-13-12-23(2)17-6-4-5-7-18(17)24/h4-11,14H,12-13H2,1-3H3. The molecule has 1 aromatic heterocycles. The quantitative estimate of drug-likeness (QED) is 0.717. The molecule has 0 saturated heterocycles. The fourth-order valence-electron chi connectivity index (χ4n) is 3.41. The Bertz CT molecular complexity index is 995. The second-order valence-electron chi connectivity index (χ2n) is 6.69. The van der Waals surface area contributed by atoms with E-state index >= 15 is 0 Å². The Morgan fingerprint density at radius 1 is 1.04 bits per heavy atom. The molecule has 27 heavy (non-hydrogen) atoms. The molecule has 3 aromatic rings. The number of fused-ring (bicyclic) bond motifs is 1. The van der Waals surface area contributed by atoms with Crippen molar-refractivity contribution in [2.75, 3.05) is 37.0 Å². The lowest BCUT2D eigenvalue weighted by molar-refractivity contribution is 0.0981. The number of anilines is 2. The number of ether oxygens (including phenoxy) is 1. The van der Waals surface area contributed by atoms with Crippen LogP contribution >= 0.6 is 0 Å². The molecule has 1 aliphatic rings. The number of amides is 1. The predicted octanol–water partition coefficient (Wildman–Crippen LogP) is 3.29. The highest BCUT2D eigenvalue weighted by Gasteiger charge is 2.27. The summed E-state index contributed by atoms with van der Waals surface area (Å²) < 4.78 is 7.13. The largest absolute Gasteiger partial charge is 0.494 e. The number of methoxy groups -OCH3 is 1. The minimum atomic E-state index is -0.0964. The number of aryl methyl sites for hydroxylation is 1. The zero-order valence-corrected chi connectivity index (χ0v) is 15.7. The zero-order chi connectivity index (χ0) is 19.0. The van der Waals surface area contributed by atoms with Gasteiger partial charge in [-0.1, -0.05) is 18.2 Å². The van der Waals surface area contributed by atoms with Crippen LogP contribution in [-0.2, 0) is 0 Å². The summed E-state index contributed by atoms with van der Waals surface area (Å²) in [6, 6.07) is 15.6. The third-order valence-electron chi connectivity index (χ3n) is 4.88. The summed E-state index contributed by atoms with van der Waals surface area (Å²) in [6.07, 6.45) is 1.80. The first-order valence-electron chi connectivity index (χ1n) is 8.91. The van der Waals surface area contributed by atoms with Gasteiger partial charge in [0.2, 0.25) is 0 Å². The Morgan fingerprint density at radius 3 is 2.59 bits per heavy atom. The van der Waals surface area contributed by atoms with E-state index in [1.54, 1.807) is 29.0 Å². The van der Waals surface area contributed by atoms with E-state index in [-0.39, 0.29) is 5.91 Å². The SMILES string of the molecule is COc1ccc(C)cc1-n1ccc(C(=O)N2CCN(C)c3ccccc32)n1. The number of carbonyl (C=O) groups is 1. The Morgan fingerprint density at radius 2 is 1.81 bits per heavy atom. The van der Waals surface area contributed by atoms with Crippen LogP contribution in [0.25, 0.3) is 5.69 Å². The molecule has 4 rings (SSSR count). The summed E-state index contributed by atoms with van der Waals surface area (Å²) in [5.41, 5.74) is 4.30. The lowest BCUT2D eigenvalue weighted by atomic mass is 10.1. The fourth-order valence-corrected chi connectivity index (χ4v) is 3.41. The normalized spacial score (nSPS) is 13.4. The first-order valence-corrected chi connectivity index (χ1v) is 8.91. The van der Waals surface area contributed by atoms with Gasteiger partial charge in [-0.15, -0.1) is 0 Å². The number of benzene rings is 2. The van der Waals surface area contributed by atoms with Crippen molar-refractivity contribution in [2.24, 2.45) is 0 Å². The molecule has 2 aromatic carbocycles. The van der Waals surface area contributed by atoms with E-state index in [0.29, 0.717) is 18.0 Å². The highest BCUT2D eigenvalue weighted by atomic mass is 16.5. The molecule has 0 saturated carbocycles. The summed E-state index contributed by atoms with van der Waals surface area (Å²) in [4.78, 5) is 17.1. The second-order valence-corrected chi connectivity index (χ2v) is 6.69. The van der Waals surface area contributed by atoms with Gasteiger partial charge in [-0.25, -0.2) is 4.68 Å². The van der Waals surface area contributed by atoms with Gasteiger partial charge in [-0.05, 0) is 42.8 Å². The Labute approximate surface area is 158 Å². The number of aromatic nitrogens is 2. The molecular formula is C21H22N4O2. The maximum absolute atomic E-state index is 13.1. The maximum atomic E-state index is 13.1. The summed E-state index contributed by atoms with van der Waals surface area (Å²) in [5, 5.41) is 4.53. The molecule has 2 heterocycles. The average Bonchev–Trinajstić information content (AvgIpc) is 3.18. The summed E-state index contributed by atoms with van der Waals surface area (Å²) in [5.74, 6) is 0.619. The number of likely N-dealkylation sites (N-methyl/N-ethyl adjacent to an activating group) is 1. The molecule has 1 aliphatic heterocycles. The molecule has 1 amide bonds. The Hall–Kier alpha value is -3.28. The first-order chi connectivity index (χ1) is 13.1. The van der Waals surface area contributed by atoms with E-state index in [0.717, 1.165) is 29.2 Å². The van der Waals surface area contributed by atoms with E-state index in [1.165, 1.54) is 0 Å². The van der Waals surface area contributed by atoms with Crippen LogP contribution in [0.4, 0.5) is 11.4 Å². The zero-order valence-electron chi connectivity index (χ0n) is 15.7. The van der Waals surface area contributed by atoms with Crippen molar-refractivity contribution >= 4 is 17.3 Å². The maximum Gasteiger partial charge on any atom is 0.278 e. The first kappa shape index (κ1) is 17.1. The van der Waals surface area contributed by atoms with Crippen molar-refractivity contribution in [1.29, 1.82) is 0 Å². The molecule has 138 valence electrons. The van der Waals surface area contributed by atoms with Gasteiger partial charge in [0.15, 0.2) is 5.69 Å². The summed E-state index contributed by atoms with van der Waals surface area (Å²) in [7, 11) is 3.67. The van der Waals surface area contributed by atoms with Crippen molar-refractivity contribution < 1.29 is 9.53 Å². The van der Waals surface area contributed by atoms with E-state index in [2.05, 4.69) is 10.00 Å². The predicted molar refractivity (Wildman–Crippen MR) is 106 cm³/mol. The molecule has 0 spiro atoms. The van der Waals surface area contributed by atoms with Gasteiger partial charge in [0.1, 0.15) is 11.4 Å². The number of rotatable bonds is 3.